The van der Waals surface area contributed by atoms with Crippen LogP contribution in [-0.4, -0.2) is 30.0 Å². The van der Waals surface area contributed by atoms with Gasteiger partial charge in [0.2, 0.25) is 0 Å². The average molecular weight is 297 g/mol. The van der Waals surface area contributed by atoms with E-state index < -0.39 is 17.8 Å². The maximum atomic E-state index is 12.1. The number of nitrogens with zero attached hydrogens (tertiary/aromatic N) is 1. The van der Waals surface area contributed by atoms with Crippen molar-refractivity contribution in [1.29, 1.82) is 0 Å². The van der Waals surface area contributed by atoms with E-state index in [0.717, 1.165) is 0 Å². The van der Waals surface area contributed by atoms with Crippen molar-refractivity contribution >= 4 is 17.8 Å². The summed E-state index contributed by atoms with van der Waals surface area (Å²) in [5.74, 6) is -1.65. The molecule has 0 radical (unpaired) electrons. The third-order valence-electron chi connectivity index (χ3n) is 3.24. The normalized spacial score (nSPS) is 13.0. The lowest BCUT2D eigenvalue weighted by Gasteiger charge is -2.12. The van der Waals surface area contributed by atoms with Crippen LogP contribution in [0.5, 0.6) is 5.75 Å². The second-order valence-corrected chi connectivity index (χ2v) is 4.56. The van der Waals surface area contributed by atoms with Crippen LogP contribution in [0.3, 0.4) is 0 Å². The maximum Gasteiger partial charge on any atom is 0.364 e. The Labute approximate surface area is 125 Å². The molecule has 0 bridgehead atoms. The lowest BCUT2D eigenvalue weighted by Crippen LogP contribution is -2.32. The molecule has 6 heteroatoms. The Kier molecular flexibility index (Phi) is 3.34. The van der Waals surface area contributed by atoms with Crippen LogP contribution < -0.4 is 4.74 Å². The minimum absolute atomic E-state index is 0.177. The molecule has 110 valence electrons. The minimum Gasteiger partial charge on any atom is -0.497 e. The number of hydrogen-bond acceptors (Lipinski definition) is 5. The van der Waals surface area contributed by atoms with Crippen molar-refractivity contribution in [2.75, 3.05) is 7.11 Å². The molecule has 1 aliphatic rings. The van der Waals surface area contributed by atoms with Gasteiger partial charge < -0.3 is 9.57 Å². The Morgan fingerprint density at radius 2 is 1.59 bits per heavy atom. The van der Waals surface area contributed by atoms with E-state index in [1.165, 1.54) is 31.4 Å². The van der Waals surface area contributed by atoms with Gasteiger partial charge in [0.25, 0.3) is 11.8 Å². The zero-order chi connectivity index (χ0) is 15.7. The molecule has 2 aromatic rings. The summed E-state index contributed by atoms with van der Waals surface area (Å²) in [5, 5.41) is 0.479. The van der Waals surface area contributed by atoms with Crippen LogP contribution in [0.1, 0.15) is 31.1 Å². The van der Waals surface area contributed by atoms with Crippen LogP contribution in [0.4, 0.5) is 0 Å². The highest BCUT2D eigenvalue weighted by molar-refractivity contribution is 6.21. The third kappa shape index (κ3) is 2.20. The van der Waals surface area contributed by atoms with E-state index in [4.69, 9.17) is 9.57 Å². The second-order valence-electron chi connectivity index (χ2n) is 4.56. The first kappa shape index (κ1) is 13.8. The molecule has 2 aromatic carbocycles. The van der Waals surface area contributed by atoms with E-state index >= 15 is 0 Å². The van der Waals surface area contributed by atoms with Gasteiger partial charge in [-0.1, -0.05) is 23.3 Å². The first-order chi connectivity index (χ1) is 10.6. The van der Waals surface area contributed by atoms with Gasteiger partial charge in [0.05, 0.1) is 23.8 Å². The Hall–Kier alpha value is -3.15. The zero-order valence-electron chi connectivity index (χ0n) is 11.6. The average Bonchev–Trinajstić information content (AvgIpc) is 2.80. The van der Waals surface area contributed by atoms with Gasteiger partial charge in [-0.3, -0.25) is 9.59 Å². The molecule has 0 atom stereocenters. The summed E-state index contributed by atoms with van der Waals surface area (Å²) in [6.07, 6.45) is 0. The lowest BCUT2D eigenvalue weighted by molar-refractivity contribution is -0.0584. The number of ether oxygens (including phenoxy) is 1. The van der Waals surface area contributed by atoms with E-state index in [0.29, 0.717) is 10.8 Å². The van der Waals surface area contributed by atoms with Crippen LogP contribution in [0, 0.1) is 0 Å². The molecular formula is C16H11NO5. The molecule has 22 heavy (non-hydrogen) atoms. The standard InChI is InChI=1S/C16H11NO5/c1-21-11-6-4-5-10(9-11)16(20)22-17-14(18)12-7-2-3-8-13(12)15(17)19/h2-9H,1H3. The quantitative estimate of drug-likeness (QED) is 0.811. The highest BCUT2D eigenvalue weighted by Crippen LogP contribution is 2.23. The predicted octanol–water partition coefficient (Wildman–Crippen LogP) is 2.06. The van der Waals surface area contributed by atoms with Gasteiger partial charge in [0.1, 0.15) is 5.75 Å². The van der Waals surface area contributed by atoms with Gasteiger partial charge >= 0.3 is 5.97 Å². The van der Waals surface area contributed by atoms with Gasteiger partial charge in [-0.15, -0.1) is 0 Å². The van der Waals surface area contributed by atoms with Crippen molar-refractivity contribution in [3.05, 3.63) is 65.2 Å². The Morgan fingerprint density at radius 1 is 0.955 bits per heavy atom. The van der Waals surface area contributed by atoms with E-state index in [1.807, 2.05) is 0 Å². The largest absolute Gasteiger partial charge is 0.497 e. The van der Waals surface area contributed by atoms with Crippen LogP contribution in [-0.2, 0) is 4.84 Å². The van der Waals surface area contributed by atoms with Gasteiger partial charge in [0, 0.05) is 0 Å². The number of imide groups is 1. The molecule has 1 heterocycles. The molecule has 0 aromatic heterocycles. The first-order valence-electron chi connectivity index (χ1n) is 6.46. The van der Waals surface area contributed by atoms with Crippen LogP contribution in [0.15, 0.2) is 48.5 Å². The van der Waals surface area contributed by atoms with Crippen molar-refractivity contribution in [2.24, 2.45) is 0 Å². The number of carbonyl (C=O) groups is 3. The molecule has 0 unspecified atom stereocenters. The molecular weight excluding hydrogens is 286 g/mol. The molecule has 6 nitrogen and oxygen atoms in total. The Bertz CT molecular complexity index is 749. The fourth-order valence-electron chi connectivity index (χ4n) is 2.14. The third-order valence-corrected chi connectivity index (χ3v) is 3.24. The molecule has 0 fully saturated rings. The molecule has 2 amide bonds. The monoisotopic (exact) mass is 297 g/mol. The summed E-state index contributed by atoms with van der Waals surface area (Å²) >= 11 is 0. The van der Waals surface area contributed by atoms with Crippen molar-refractivity contribution in [3.8, 4) is 5.75 Å². The van der Waals surface area contributed by atoms with Crippen LogP contribution >= 0.6 is 0 Å². The number of amides is 2. The van der Waals surface area contributed by atoms with Crippen LogP contribution in [0.2, 0.25) is 0 Å². The fraction of sp³-hybridized carbons (Fsp3) is 0.0625. The molecule has 0 saturated heterocycles. The number of benzene rings is 2. The Morgan fingerprint density at radius 3 is 2.18 bits per heavy atom. The first-order valence-corrected chi connectivity index (χ1v) is 6.46. The Balaban J connectivity index is 1.84. The van der Waals surface area contributed by atoms with Crippen LogP contribution in [0.25, 0.3) is 0 Å². The molecule has 0 aliphatic carbocycles. The smallest absolute Gasteiger partial charge is 0.364 e. The minimum atomic E-state index is -0.812. The second kappa shape index (κ2) is 5.33. The van der Waals surface area contributed by atoms with Crippen molar-refractivity contribution < 1.29 is 24.0 Å². The summed E-state index contributed by atoms with van der Waals surface area (Å²) in [6, 6.07) is 12.5. The highest BCUT2D eigenvalue weighted by Gasteiger charge is 2.38. The van der Waals surface area contributed by atoms with Gasteiger partial charge in [-0.25, -0.2) is 4.79 Å². The fourth-order valence-corrected chi connectivity index (χ4v) is 2.14. The van der Waals surface area contributed by atoms with E-state index in [1.54, 1.807) is 24.3 Å². The van der Waals surface area contributed by atoms with Crippen molar-refractivity contribution in [1.82, 2.24) is 5.06 Å². The number of fused-ring (bicyclic) bond motifs is 1. The number of hydrogen-bond donors (Lipinski definition) is 0. The number of rotatable bonds is 3. The van der Waals surface area contributed by atoms with Crippen molar-refractivity contribution in [3.63, 3.8) is 0 Å². The molecule has 0 spiro atoms. The molecule has 1 aliphatic heterocycles. The van der Waals surface area contributed by atoms with Gasteiger partial charge in [-0.05, 0) is 30.3 Å². The summed E-state index contributed by atoms with van der Waals surface area (Å²) in [7, 11) is 1.47. The lowest BCUT2D eigenvalue weighted by atomic mass is 10.1. The summed E-state index contributed by atoms with van der Waals surface area (Å²) in [4.78, 5) is 41.2. The molecule has 3 rings (SSSR count). The summed E-state index contributed by atoms with van der Waals surface area (Å²) in [6.45, 7) is 0. The number of carbonyl (C=O) groups excluding carboxylic acids is 3. The maximum absolute atomic E-state index is 12.1. The molecule has 0 N–H and O–H groups in total. The number of hydroxylamine groups is 2. The van der Waals surface area contributed by atoms with Gasteiger partial charge in [0.15, 0.2) is 0 Å². The highest BCUT2D eigenvalue weighted by atomic mass is 16.7. The van der Waals surface area contributed by atoms with E-state index in [-0.39, 0.29) is 16.7 Å². The van der Waals surface area contributed by atoms with Crippen molar-refractivity contribution in [2.45, 2.75) is 0 Å². The van der Waals surface area contributed by atoms with E-state index in [9.17, 15) is 14.4 Å². The van der Waals surface area contributed by atoms with Gasteiger partial charge in [-0.2, -0.15) is 0 Å². The SMILES string of the molecule is COc1cccc(C(=O)ON2C(=O)c3ccccc3C2=O)c1. The summed E-state index contributed by atoms with van der Waals surface area (Å²) < 4.78 is 5.01. The predicted molar refractivity (Wildman–Crippen MR) is 75.4 cm³/mol. The molecule has 0 saturated carbocycles. The topological polar surface area (TPSA) is 72.9 Å². The zero-order valence-corrected chi connectivity index (χ0v) is 11.6. The number of methoxy groups -OCH3 is 1. The summed E-state index contributed by atoms with van der Waals surface area (Å²) in [5.41, 5.74) is 0.604. The van der Waals surface area contributed by atoms with E-state index in [2.05, 4.69) is 0 Å².